The number of carbonyl (C=O) groups excluding carboxylic acids is 2. The van der Waals surface area contributed by atoms with Crippen molar-refractivity contribution in [1.82, 2.24) is 14.8 Å². The van der Waals surface area contributed by atoms with Gasteiger partial charge in [0.25, 0.3) is 5.91 Å². The number of halogens is 1. The zero-order valence-electron chi connectivity index (χ0n) is 16.8. The molecule has 1 aliphatic rings. The number of likely N-dealkylation sites (N-methyl/N-ethyl adjacent to an activating group) is 1. The van der Waals surface area contributed by atoms with Crippen LogP contribution in [0.15, 0.2) is 48.5 Å². The van der Waals surface area contributed by atoms with Gasteiger partial charge in [-0.15, -0.1) is 0 Å². The SMILES string of the molecule is CN(C(=O)CN1CCCN(C(=O)c2ccc(F)cc2)CC1)c1nc2ccccc2s1. The summed E-state index contributed by atoms with van der Waals surface area (Å²) in [7, 11) is 1.75. The van der Waals surface area contributed by atoms with Crippen LogP contribution in [0.5, 0.6) is 0 Å². The van der Waals surface area contributed by atoms with E-state index in [1.165, 1.54) is 35.6 Å². The molecule has 0 radical (unpaired) electrons. The average Bonchev–Trinajstić information content (AvgIpc) is 3.06. The molecule has 2 aromatic carbocycles. The number of thiazole rings is 1. The number of hydrogen-bond donors (Lipinski definition) is 0. The van der Waals surface area contributed by atoms with Gasteiger partial charge in [0, 0.05) is 38.8 Å². The zero-order valence-corrected chi connectivity index (χ0v) is 17.6. The molecule has 1 aliphatic heterocycles. The van der Waals surface area contributed by atoms with Gasteiger partial charge >= 0.3 is 0 Å². The van der Waals surface area contributed by atoms with Gasteiger partial charge in [0.1, 0.15) is 5.82 Å². The quantitative estimate of drug-likeness (QED) is 0.643. The number of benzene rings is 2. The highest BCUT2D eigenvalue weighted by atomic mass is 32.1. The number of rotatable bonds is 4. The normalized spacial score (nSPS) is 15.2. The molecular weight excluding hydrogens is 403 g/mol. The number of para-hydroxylation sites is 1. The van der Waals surface area contributed by atoms with Crippen molar-refractivity contribution >= 4 is 38.5 Å². The molecule has 4 rings (SSSR count). The van der Waals surface area contributed by atoms with Gasteiger partial charge < -0.3 is 4.90 Å². The van der Waals surface area contributed by atoms with E-state index in [4.69, 9.17) is 0 Å². The standard InChI is InChI=1S/C22H23FN4O2S/c1-25(22-24-18-5-2-3-6-19(18)30-22)20(28)15-26-11-4-12-27(14-13-26)21(29)16-7-9-17(23)10-8-16/h2-3,5-10H,4,11-15H2,1H3. The molecule has 0 spiro atoms. The summed E-state index contributed by atoms with van der Waals surface area (Å²) in [5.74, 6) is -0.480. The van der Waals surface area contributed by atoms with Gasteiger partial charge in [-0.1, -0.05) is 23.5 Å². The molecule has 1 aromatic heterocycles. The Hall–Kier alpha value is -2.84. The third-order valence-electron chi connectivity index (χ3n) is 5.27. The lowest BCUT2D eigenvalue weighted by atomic mass is 10.2. The predicted octanol–water partition coefficient (Wildman–Crippen LogP) is 3.25. The van der Waals surface area contributed by atoms with Crippen molar-refractivity contribution in [1.29, 1.82) is 0 Å². The second-order valence-electron chi connectivity index (χ2n) is 7.35. The van der Waals surface area contributed by atoms with Crippen LogP contribution >= 0.6 is 11.3 Å². The Balaban J connectivity index is 1.35. The molecule has 30 heavy (non-hydrogen) atoms. The Labute approximate surface area is 178 Å². The highest BCUT2D eigenvalue weighted by Gasteiger charge is 2.23. The van der Waals surface area contributed by atoms with Gasteiger partial charge in [0.15, 0.2) is 5.13 Å². The van der Waals surface area contributed by atoms with Crippen molar-refractivity contribution in [3.8, 4) is 0 Å². The Morgan fingerprint density at radius 2 is 1.83 bits per heavy atom. The van der Waals surface area contributed by atoms with Crippen LogP contribution in [-0.2, 0) is 4.79 Å². The molecule has 1 fully saturated rings. The monoisotopic (exact) mass is 426 g/mol. The number of anilines is 1. The average molecular weight is 427 g/mol. The first kappa shape index (κ1) is 20.4. The summed E-state index contributed by atoms with van der Waals surface area (Å²) >= 11 is 1.50. The number of amides is 2. The third-order valence-corrected chi connectivity index (χ3v) is 6.38. The van der Waals surface area contributed by atoms with Gasteiger partial charge in [-0.25, -0.2) is 9.37 Å². The molecule has 0 aliphatic carbocycles. The van der Waals surface area contributed by atoms with Crippen molar-refractivity contribution in [3.05, 3.63) is 59.9 Å². The summed E-state index contributed by atoms with van der Waals surface area (Å²) < 4.78 is 14.2. The first-order valence-corrected chi connectivity index (χ1v) is 10.7. The second-order valence-corrected chi connectivity index (χ2v) is 8.35. The molecule has 3 aromatic rings. The lowest BCUT2D eigenvalue weighted by Crippen LogP contribution is -2.40. The van der Waals surface area contributed by atoms with Crippen molar-refractivity contribution in [2.45, 2.75) is 6.42 Å². The van der Waals surface area contributed by atoms with Crippen molar-refractivity contribution < 1.29 is 14.0 Å². The maximum absolute atomic E-state index is 13.1. The van der Waals surface area contributed by atoms with E-state index in [-0.39, 0.29) is 24.2 Å². The highest BCUT2D eigenvalue weighted by molar-refractivity contribution is 7.22. The predicted molar refractivity (Wildman–Crippen MR) is 116 cm³/mol. The smallest absolute Gasteiger partial charge is 0.253 e. The van der Waals surface area contributed by atoms with E-state index in [1.807, 2.05) is 24.3 Å². The number of aromatic nitrogens is 1. The van der Waals surface area contributed by atoms with E-state index in [9.17, 15) is 14.0 Å². The highest BCUT2D eigenvalue weighted by Crippen LogP contribution is 2.27. The largest absolute Gasteiger partial charge is 0.337 e. The molecule has 2 amide bonds. The maximum atomic E-state index is 13.1. The van der Waals surface area contributed by atoms with Crippen molar-refractivity contribution in [3.63, 3.8) is 0 Å². The first-order valence-electron chi connectivity index (χ1n) is 9.90. The fourth-order valence-corrected chi connectivity index (χ4v) is 4.46. The molecule has 0 saturated carbocycles. The fourth-order valence-electron chi connectivity index (χ4n) is 3.51. The zero-order chi connectivity index (χ0) is 21.1. The summed E-state index contributed by atoms with van der Waals surface area (Å²) in [5, 5.41) is 0.684. The lowest BCUT2D eigenvalue weighted by molar-refractivity contribution is -0.119. The Kier molecular flexibility index (Phi) is 6.06. The molecule has 0 unspecified atom stereocenters. The Morgan fingerprint density at radius 1 is 1.07 bits per heavy atom. The van der Waals surface area contributed by atoms with E-state index in [2.05, 4.69) is 9.88 Å². The number of fused-ring (bicyclic) bond motifs is 1. The minimum atomic E-state index is -0.357. The first-order chi connectivity index (χ1) is 14.5. The summed E-state index contributed by atoms with van der Waals surface area (Å²) in [4.78, 5) is 35.5. The van der Waals surface area contributed by atoms with E-state index < -0.39 is 0 Å². The van der Waals surface area contributed by atoms with Gasteiger partial charge in [-0.3, -0.25) is 19.4 Å². The molecule has 0 bridgehead atoms. The summed E-state index contributed by atoms with van der Waals surface area (Å²) in [6.45, 7) is 2.80. The van der Waals surface area contributed by atoms with Crippen molar-refractivity contribution in [2.75, 3.05) is 44.7 Å². The minimum Gasteiger partial charge on any atom is -0.337 e. The van der Waals surface area contributed by atoms with Crippen LogP contribution in [-0.4, -0.2) is 66.4 Å². The molecule has 6 nitrogen and oxygen atoms in total. The molecule has 0 atom stereocenters. The summed E-state index contributed by atoms with van der Waals surface area (Å²) in [6.07, 6.45) is 0.783. The third kappa shape index (κ3) is 4.49. The lowest BCUT2D eigenvalue weighted by Gasteiger charge is -2.23. The van der Waals surface area contributed by atoms with Crippen LogP contribution in [0.2, 0.25) is 0 Å². The van der Waals surface area contributed by atoms with E-state index >= 15 is 0 Å². The molecule has 2 heterocycles. The van der Waals surface area contributed by atoms with Crippen LogP contribution in [0.4, 0.5) is 9.52 Å². The topological polar surface area (TPSA) is 56.8 Å². The second kappa shape index (κ2) is 8.89. The Morgan fingerprint density at radius 3 is 2.60 bits per heavy atom. The van der Waals surface area contributed by atoms with E-state index in [0.717, 1.165) is 23.2 Å². The minimum absolute atomic E-state index is 0.0210. The molecular formula is C22H23FN4O2S. The maximum Gasteiger partial charge on any atom is 0.253 e. The van der Waals surface area contributed by atoms with E-state index in [0.29, 0.717) is 30.3 Å². The molecule has 156 valence electrons. The van der Waals surface area contributed by atoms with Crippen LogP contribution in [0, 0.1) is 5.82 Å². The Bertz CT molecular complexity index is 1020. The van der Waals surface area contributed by atoms with E-state index in [1.54, 1.807) is 16.8 Å². The van der Waals surface area contributed by atoms with Crippen molar-refractivity contribution in [2.24, 2.45) is 0 Å². The number of hydrogen-bond acceptors (Lipinski definition) is 5. The van der Waals surface area contributed by atoms with Crippen LogP contribution < -0.4 is 4.90 Å². The van der Waals surface area contributed by atoms with Gasteiger partial charge in [0.2, 0.25) is 5.91 Å². The molecule has 8 heteroatoms. The number of carbonyl (C=O) groups is 2. The van der Waals surface area contributed by atoms with Crippen LogP contribution in [0.3, 0.4) is 0 Å². The van der Waals surface area contributed by atoms with Crippen LogP contribution in [0.25, 0.3) is 10.2 Å². The van der Waals surface area contributed by atoms with Crippen LogP contribution in [0.1, 0.15) is 16.8 Å². The summed E-state index contributed by atoms with van der Waals surface area (Å²) in [6, 6.07) is 13.5. The fraction of sp³-hybridized carbons (Fsp3) is 0.318. The van der Waals surface area contributed by atoms with Gasteiger partial charge in [0.05, 0.1) is 16.8 Å². The van der Waals surface area contributed by atoms with Gasteiger partial charge in [-0.2, -0.15) is 0 Å². The molecule has 1 saturated heterocycles. The molecule has 0 N–H and O–H groups in total. The number of nitrogens with zero attached hydrogens (tertiary/aromatic N) is 4. The van der Waals surface area contributed by atoms with Gasteiger partial charge in [-0.05, 0) is 42.8 Å². The summed E-state index contributed by atoms with van der Waals surface area (Å²) in [5.41, 5.74) is 1.37.